The van der Waals surface area contributed by atoms with Crippen LogP contribution in [0, 0.1) is 0 Å². The lowest BCUT2D eigenvalue weighted by Crippen LogP contribution is -2.16. The summed E-state index contributed by atoms with van der Waals surface area (Å²) in [6.07, 6.45) is -0.447. The molecule has 0 bridgehead atoms. The summed E-state index contributed by atoms with van der Waals surface area (Å²) in [5, 5.41) is 12.6. The average molecular weight is 195 g/mol. The molecule has 3 nitrogen and oxygen atoms in total. The van der Waals surface area contributed by atoms with Crippen LogP contribution in [-0.2, 0) is 11.3 Å². The molecule has 0 aliphatic carbocycles. The van der Waals surface area contributed by atoms with Gasteiger partial charge in [0.15, 0.2) is 0 Å². The molecule has 1 aromatic carbocycles. The SMILES string of the molecule is CNCC(O)c1cccc(COC)c1. The van der Waals surface area contributed by atoms with Crippen LogP contribution in [0.3, 0.4) is 0 Å². The number of aliphatic hydroxyl groups is 1. The number of hydrogen-bond donors (Lipinski definition) is 2. The van der Waals surface area contributed by atoms with Gasteiger partial charge in [0, 0.05) is 13.7 Å². The third kappa shape index (κ3) is 3.10. The van der Waals surface area contributed by atoms with Crippen LogP contribution < -0.4 is 5.32 Å². The summed E-state index contributed by atoms with van der Waals surface area (Å²) in [7, 11) is 3.49. The highest BCUT2D eigenvalue weighted by molar-refractivity contribution is 5.24. The molecule has 3 heteroatoms. The van der Waals surface area contributed by atoms with Crippen LogP contribution in [0.15, 0.2) is 24.3 Å². The van der Waals surface area contributed by atoms with Gasteiger partial charge in [0.2, 0.25) is 0 Å². The first-order valence-corrected chi connectivity index (χ1v) is 4.68. The molecule has 1 atom stereocenters. The van der Waals surface area contributed by atoms with Gasteiger partial charge in [0.25, 0.3) is 0 Å². The highest BCUT2D eigenvalue weighted by atomic mass is 16.5. The number of aliphatic hydroxyl groups excluding tert-OH is 1. The summed E-state index contributed by atoms with van der Waals surface area (Å²) < 4.78 is 5.03. The summed E-state index contributed by atoms with van der Waals surface area (Å²) in [6.45, 7) is 1.15. The van der Waals surface area contributed by atoms with E-state index in [1.807, 2.05) is 31.3 Å². The number of ether oxygens (including phenoxy) is 1. The maximum Gasteiger partial charge on any atom is 0.0914 e. The molecule has 0 heterocycles. The van der Waals surface area contributed by atoms with Crippen LogP contribution in [0.2, 0.25) is 0 Å². The molecular formula is C11H17NO2. The molecule has 78 valence electrons. The topological polar surface area (TPSA) is 41.5 Å². The fourth-order valence-corrected chi connectivity index (χ4v) is 1.37. The first-order valence-electron chi connectivity index (χ1n) is 4.68. The van der Waals surface area contributed by atoms with Gasteiger partial charge >= 0.3 is 0 Å². The first kappa shape index (κ1) is 11.2. The van der Waals surface area contributed by atoms with Crippen molar-refractivity contribution in [2.75, 3.05) is 20.7 Å². The van der Waals surface area contributed by atoms with Gasteiger partial charge in [-0.3, -0.25) is 0 Å². The van der Waals surface area contributed by atoms with Crippen molar-refractivity contribution in [2.24, 2.45) is 0 Å². The lowest BCUT2D eigenvalue weighted by Gasteiger charge is -2.11. The first-order chi connectivity index (χ1) is 6.77. The number of hydrogen-bond acceptors (Lipinski definition) is 3. The molecule has 0 spiro atoms. The highest BCUT2D eigenvalue weighted by Gasteiger charge is 2.05. The number of nitrogens with one attached hydrogen (secondary N) is 1. The summed E-state index contributed by atoms with van der Waals surface area (Å²) in [6, 6.07) is 7.80. The molecule has 0 aromatic heterocycles. The van der Waals surface area contributed by atoms with Gasteiger partial charge in [-0.1, -0.05) is 24.3 Å². The van der Waals surface area contributed by atoms with Gasteiger partial charge in [-0.25, -0.2) is 0 Å². The van der Waals surface area contributed by atoms with Crippen molar-refractivity contribution in [3.8, 4) is 0 Å². The van der Waals surface area contributed by atoms with Crippen molar-refractivity contribution in [1.82, 2.24) is 5.32 Å². The van der Waals surface area contributed by atoms with E-state index < -0.39 is 6.10 Å². The molecule has 0 saturated heterocycles. The van der Waals surface area contributed by atoms with E-state index in [-0.39, 0.29) is 0 Å². The summed E-state index contributed by atoms with van der Waals surface area (Å²) >= 11 is 0. The second-order valence-electron chi connectivity index (χ2n) is 3.25. The van der Waals surface area contributed by atoms with Crippen LogP contribution in [0.4, 0.5) is 0 Å². The summed E-state index contributed by atoms with van der Waals surface area (Å²) in [5.41, 5.74) is 2.01. The third-order valence-corrected chi connectivity index (χ3v) is 2.04. The number of rotatable bonds is 5. The Bertz CT molecular complexity index is 276. The largest absolute Gasteiger partial charge is 0.387 e. The van der Waals surface area contributed by atoms with Gasteiger partial charge in [-0.2, -0.15) is 0 Å². The molecule has 2 N–H and O–H groups in total. The minimum Gasteiger partial charge on any atom is -0.387 e. The zero-order chi connectivity index (χ0) is 10.4. The molecule has 0 fully saturated rings. The second-order valence-corrected chi connectivity index (χ2v) is 3.25. The Labute approximate surface area is 84.7 Å². The van der Waals surface area contributed by atoms with E-state index in [1.54, 1.807) is 7.11 Å². The maximum atomic E-state index is 9.71. The quantitative estimate of drug-likeness (QED) is 0.739. The predicted octanol–water partition coefficient (Wildman–Crippen LogP) is 1.09. The third-order valence-electron chi connectivity index (χ3n) is 2.04. The molecule has 0 aliphatic heterocycles. The Balaban J connectivity index is 2.71. The molecule has 1 rings (SSSR count). The Morgan fingerprint density at radius 1 is 1.50 bits per heavy atom. The second kappa shape index (κ2) is 5.75. The molecule has 0 radical (unpaired) electrons. The zero-order valence-corrected chi connectivity index (χ0v) is 8.66. The van der Waals surface area contributed by atoms with E-state index in [4.69, 9.17) is 4.74 Å². The summed E-state index contributed by atoms with van der Waals surface area (Å²) in [5.74, 6) is 0. The Kier molecular flexibility index (Phi) is 4.59. The normalized spacial score (nSPS) is 12.8. The fourth-order valence-electron chi connectivity index (χ4n) is 1.37. The molecular weight excluding hydrogens is 178 g/mol. The number of methoxy groups -OCH3 is 1. The maximum absolute atomic E-state index is 9.71. The van der Waals surface area contributed by atoms with Gasteiger partial charge in [0.05, 0.1) is 12.7 Å². The van der Waals surface area contributed by atoms with Crippen LogP contribution in [0.1, 0.15) is 17.2 Å². The van der Waals surface area contributed by atoms with E-state index in [0.29, 0.717) is 13.2 Å². The zero-order valence-electron chi connectivity index (χ0n) is 8.66. The van der Waals surface area contributed by atoms with Gasteiger partial charge < -0.3 is 15.2 Å². The van der Waals surface area contributed by atoms with Crippen molar-refractivity contribution in [2.45, 2.75) is 12.7 Å². The van der Waals surface area contributed by atoms with Crippen molar-refractivity contribution in [3.05, 3.63) is 35.4 Å². The van der Waals surface area contributed by atoms with E-state index >= 15 is 0 Å². The molecule has 0 amide bonds. The molecule has 0 aliphatic rings. The highest BCUT2D eigenvalue weighted by Crippen LogP contribution is 2.14. The monoisotopic (exact) mass is 195 g/mol. The number of likely N-dealkylation sites (N-methyl/N-ethyl adjacent to an activating group) is 1. The van der Waals surface area contributed by atoms with Crippen LogP contribution in [-0.4, -0.2) is 25.8 Å². The molecule has 1 aromatic rings. The standard InChI is InChI=1S/C11H17NO2/c1-12-7-11(13)10-5-3-4-9(6-10)8-14-2/h3-6,11-13H,7-8H2,1-2H3. The minimum atomic E-state index is -0.447. The smallest absolute Gasteiger partial charge is 0.0914 e. The van der Waals surface area contributed by atoms with Crippen molar-refractivity contribution >= 4 is 0 Å². The molecule has 0 saturated carbocycles. The Morgan fingerprint density at radius 2 is 2.29 bits per heavy atom. The van der Waals surface area contributed by atoms with Crippen LogP contribution in [0.5, 0.6) is 0 Å². The van der Waals surface area contributed by atoms with Gasteiger partial charge in [0.1, 0.15) is 0 Å². The van der Waals surface area contributed by atoms with Crippen LogP contribution in [0.25, 0.3) is 0 Å². The number of benzene rings is 1. The van der Waals surface area contributed by atoms with Crippen LogP contribution >= 0.6 is 0 Å². The summed E-state index contributed by atoms with van der Waals surface area (Å²) in [4.78, 5) is 0. The van der Waals surface area contributed by atoms with Crippen molar-refractivity contribution in [1.29, 1.82) is 0 Å². The van der Waals surface area contributed by atoms with E-state index in [2.05, 4.69) is 5.32 Å². The lowest BCUT2D eigenvalue weighted by molar-refractivity contribution is 0.174. The lowest BCUT2D eigenvalue weighted by atomic mass is 10.1. The predicted molar refractivity (Wildman–Crippen MR) is 56.0 cm³/mol. The van der Waals surface area contributed by atoms with Gasteiger partial charge in [-0.15, -0.1) is 0 Å². The van der Waals surface area contributed by atoms with Crippen molar-refractivity contribution in [3.63, 3.8) is 0 Å². The van der Waals surface area contributed by atoms with E-state index in [0.717, 1.165) is 11.1 Å². The Morgan fingerprint density at radius 3 is 2.93 bits per heavy atom. The minimum absolute atomic E-state index is 0.447. The molecule has 1 unspecified atom stereocenters. The van der Waals surface area contributed by atoms with E-state index in [9.17, 15) is 5.11 Å². The van der Waals surface area contributed by atoms with Gasteiger partial charge in [-0.05, 0) is 18.2 Å². The molecule has 14 heavy (non-hydrogen) atoms. The van der Waals surface area contributed by atoms with E-state index in [1.165, 1.54) is 0 Å². The van der Waals surface area contributed by atoms with Crippen molar-refractivity contribution < 1.29 is 9.84 Å². The Hall–Kier alpha value is -0.900. The average Bonchev–Trinajstić information content (AvgIpc) is 2.19. The fraction of sp³-hybridized carbons (Fsp3) is 0.455.